The number of alkyl halides is 3. The lowest BCUT2D eigenvalue weighted by atomic mass is 9.56. The maximum atomic E-state index is 14.6. The minimum atomic E-state index is -2.18. The van der Waals surface area contributed by atoms with Gasteiger partial charge in [-0.15, -0.1) is 23.2 Å². The number of likely N-dealkylation sites (tertiary alicyclic amines) is 1. The van der Waals surface area contributed by atoms with Gasteiger partial charge in [0.1, 0.15) is 0 Å². The lowest BCUT2D eigenvalue weighted by molar-refractivity contribution is -0.384. The predicted molar refractivity (Wildman–Crippen MR) is 147 cm³/mol. The van der Waals surface area contributed by atoms with Crippen molar-refractivity contribution in [2.24, 2.45) is 17.8 Å². The van der Waals surface area contributed by atoms with Crippen LogP contribution < -0.4 is 4.90 Å². The topological polar surface area (TPSA) is 138 Å². The van der Waals surface area contributed by atoms with E-state index >= 15 is 0 Å². The molecule has 2 saturated heterocycles. The summed E-state index contributed by atoms with van der Waals surface area (Å²) in [6.07, 6.45) is 1.43. The van der Waals surface area contributed by atoms with E-state index in [-0.39, 0.29) is 35.2 Å². The third kappa shape index (κ3) is 3.53. The summed E-state index contributed by atoms with van der Waals surface area (Å²) >= 11 is 17.2. The molecule has 10 nitrogen and oxygen atoms in total. The van der Waals surface area contributed by atoms with E-state index in [1.807, 2.05) is 0 Å². The van der Waals surface area contributed by atoms with Gasteiger partial charge in [0.25, 0.3) is 17.5 Å². The number of amides is 4. The van der Waals surface area contributed by atoms with Gasteiger partial charge in [-0.25, -0.2) is 4.39 Å². The highest BCUT2D eigenvalue weighted by Gasteiger charge is 2.76. The van der Waals surface area contributed by atoms with Crippen molar-refractivity contribution in [3.05, 3.63) is 75.6 Å². The summed E-state index contributed by atoms with van der Waals surface area (Å²) in [5.74, 6) is -8.62. The number of halogens is 4. The van der Waals surface area contributed by atoms with Crippen LogP contribution in [0, 0.1) is 33.7 Å². The number of hydrogen-bond donors (Lipinski definition) is 1. The summed E-state index contributed by atoms with van der Waals surface area (Å²) in [6.45, 7) is 0. The number of para-hydroxylation sites is 1. The Kier molecular flexibility index (Phi) is 6.33. The number of rotatable bonds is 4. The maximum Gasteiger partial charge on any atom is 0.269 e. The fourth-order valence-electron chi connectivity index (χ4n) is 6.84. The lowest BCUT2D eigenvalue weighted by Gasteiger charge is -2.50. The van der Waals surface area contributed by atoms with Crippen molar-refractivity contribution in [2.75, 3.05) is 10.4 Å². The van der Waals surface area contributed by atoms with Crippen LogP contribution in [-0.4, -0.2) is 53.8 Å². The molecule has 2 aromatic rings. The van der Waals surface area contributed by atoms with Crippen molar-refractivity contribution >= 4 is 74.1 Å². The Labute approximate surface area is 250 Å². The van der Waals surface area contributed by atoms with Crippen molar-refractivity contribution in [1.82, 2.24) is 4.90 Å². The number of non-ortho nitro benzene ring substituents is 1. The smallest absolute Gasteiger partial charge is 0.269 e. The Morgan fingerprint density at radius 2 is 1.73 bits per heavy atom. The number of fused-ring (bicyclic) bond motifs is 4. The van der Waals surface area contributed by atoms with Crippen LogP contribution >= 0.6 is 39.1 Å². The molecular weight excluding hydrogens is 648 g/mol. The number of benzene rings is 2. The second-order valence-electron chi connectivity index (χ2n) is 10.4. The van der Waals surface area contributed by atoms with Gasteiger partial charge in [0.2, 0.25) is 11.8 Å². The van der Waals surface area contributed by atoms with E-state index in [1.54, 1.807) is 6.08 Å². The van der Waals surface area contributed by atoms with Crippen LogP contribution in [-0.2, 0) is 19.2 Å². The Morgan fingerprint density at radius 1 is 1.05 bits per heavy atom. The zero-order valence-corrected chi connectivity index (χ0v) is 23.9. The van der Waals surface area contributed by atoms with E-state index in [0.29, 0.717) is 5.57 Å². The Bertz CT molecular complexity index is 1600. The molecule has 0 aromatic heterocycles. The fraction of sp³-hybridized carbons (Fsp3) is 0.333. The van der Waals surface area contributed by atoms with Crippen LogP contribution in [0.3, 0.4) is 0 Å². The molecule has 41 heavy (non-hydrogen) atoms. The highest BCUT2D eigenvalue weighted by molar-refractivity contribution is 9.09. The molecule has 2 aliphatic carbocycles. The molecule has 4 aliphatic rings. The normalized spacial score (nSPS) is 32.5. The third-order valence-corrected chi connectivity index (χ3v) is 10.6. The average Bonchev–Trinajstić information content (AvgIpc) is 3.28. The molecule has 6 atom stereocenters. The number of nitro groups is 1. The van der Waals surface area contributed by atoms with Gasteiger partial charge >= 0.3 is 0 Å². The first-order valence-electron chi connectivity index (χ1n) is 12.5. The van der Waals surface area contributed by atoms with E-state index in [0.717, 1.165) is 15.9 Å². The number of carbonyl (C=O) groups excluding carboxylic acids is 4. The molecular formula is C27H19BrCl2FN3O7. The molecule has 6 rings (SSSR count). The highest BCUT2D eigenvalue weighted by Crippen LogP contribution is 2.66. The monoisotopic (exact) mass is 665 g/mol. The average molecular weight is 667 g/mol. The number of phenolic OH excluding ortho intramolecular Hbond substituents is 1. The summed E-state index contributed by atoms with van der Waals surface area (Å²) in [4.78, 5) is 62.8. The summed E-state index contributed by atoms with van der Waals surface area (Å²) < 4.78 is 14.6. The first kappa shape index (κ1) is 27.8. The SMILES string of the molecule is O=C1[C@H]2[C@H](CC=C3[C@H]2C[C@@]2(Cl)C(=O)N(CBr)C(=O)[C@@]2(Cl)[C@H]3c2cccc(F)c2O)C(=O)N1c1ccc([N+](=O)[O-])cc1. The third-order valence-electron chi connectivity index (χ3n) is 8.66. The number of hydrogen-bond acceptors (Lipinski definition) is 7. The number of aromatic hydroxyl groups is 1. The number of anilines is 1. The first-order chi connectivity index (χ1) is 19.4. The Morgan fingerprint density at radius 3 is 2.37 bits per heavy atom. The van der Waals surface area contributed by atoms with Crippen LogP contribution in [0.5, 0.6) is 5.75 Å². The van der Waals surface area contributed by atoms with Gasteiger partial charge in [0.15, 0.2) is 21.3 Å². The standard InChI is InChI=1S/C27H19BrCl2FN3O7/c28-11-32-24(38)26(29)10-17-14(20(27(26,30)25(32)39)16-2-1-3-18(31)21(16)35)8-9-15-19(17)23(37)33(22(15)36)12-4-6-13(7-5-12)34(40)41/h1-8,15,17,19-20,35H,9-11H2/t15-,17+,19-,20+,26+,27-/m0/s1. The number of carbonyl (C=O) groups is 4. The zero-order chi connectivity index (χ0) is 29.6. The molecule has 3 fully saturated rings. The molecule has 1 saturated carbocycles. The van der Waals surface area contributed by atoms with Crippen molar-refractivity contribution in [3.8, 4) is 5.75 Å². The Balaban J connectivity index is 1.50. The number of allylic oxidation sites excluding steroid dienone is 2. The summed E-state index contributed by atoms with van der Waals surface area (Å²) in [6, 6.07) is 8.67. The maximum absolute atomic E-state index is 14.6. The second kappa shape index (κ2) is 9.33. The van der Waals surface area contributed by atoms with Crippen LogP contribution in [0.25, 0.3) is 0 Å². The fourth-order valence-corrected chi connectivity index (χ4v) is 8.26. The first-order valence-corrected chi connectivity index (χ1v) is 14.4. The number of phenols is 1. The minimum Gasteiger partial charge on any atom is -0.505 e. The lowest BCUT2D eigenvalue weighted by Crippen LogP contribution is -2.60. The molecule has 14 heteroatoms. The largest absolute Gasteiger partial charge is 0.505 e. The van der Waals surface area contributed by atoms with Gasteiger partial charge in [-0.1, -0.05) is 39.7 Å². The summed E-state index contributed by atoms with van der Waals surface area (Å²) in [5, 5.41) is 21.9. The molecule has 2 aromatic carbocycles. The van der Waals surface area contributed by atoms with E-state index in [9.17, 15) is 38.8 Å². The predicted octanol–water partition coefficient (Wildman–Crippen LogP) is 4.36. The molecule has 2 aliphatic heterocycles. The van der Waals surface area contributed by atoms with Crippen LogP contribution in [0.15, 0.2) is 54.1 Å². The number of nitrogens with zero attached hydrogens (tertiary/aromatic N) is 3. The summed E-state index contributed by atoms with van der Waals surface area (Å²) in [7, 11) is 0. The van der Waals surface area contributed by atoms with E-state index < -0.39 is 73.5 Å². The van der Waals surface area contributed by atoms with Gasteiger partial charge in [0, 0.05) is 23.6 Å². The number of imide groups is 2. The van der Waals surface area contributed by atoms with Crippen molar-refractivity contribution < 1.29 is 33.6 Å². The van der Waals surface area contributed by atoms with E-state index in [2.05, 4.69) is 15.9 Å². The van der Waals surface area contributed by atoms with Gasteiger partial charge in [0.05, 0.1) is 27.9 Å². The molecule has 2 heterocycles. The van der Waals surface area contributed by atoms with Gasteiger partial charge in [-0.3, -0.25) is 39.1 Å². The minimum absolute atomic E-state index is 0.0592. The number of nitro benzene ring substituents is 1. The van der Waals surface area contributed by atoms with E-state index in [4.69, 9.17) is 23.2 Å². The molecule has 4 amide bonds. The quantitative estimate of drug-likeness (QED) is 0.128. The molecule has 0 unspecified atom stereocenters. The van der Waals surface area contributed by atoms with Crippen molar-refractivity contribution in [2.45, 2.75) is 28.5 Å². The van der Waals surface area contributed by atoms with Gasteiger partial charge in [-0.05, 0) is 37.0 Å². The van der Waals surface area contributed by atoms with Crippen LogP contribution in [0.4, 0.5) is 15.8 Å². The van der Waals surface area contributed by atoms with Gasteiger partial charge in [-0.2, -0.15) is 0 Å². The van der Waals surface area contributed by atoms with Crippen molar-refractivity contribution in [3.63, 3.8) is 0 Å². The molecule has 1 N–H and O–H groups in total. The van der Waals surface area contributed by atoms with Crippen molar-refractivity contribution in [1.29, 1.82) is 0 Å². The van der Waals surface area contributed by atoms with Crippen LogP contribution in [0.2, 0.25) is 0 Å². The molecule has 0 spiro atoms. The summed E-state index contributed by atoms with van der Waals surface area (Å²) in [5.41, 5.74) is 0.00379. The Hall–Kier alpha value is -3.35. The van der Waals surface area contributed by atoms with E-state index in [1.165, 1.54) is 36.4 Å². The molecule has 0 radical (unpaired) electrons. The van der Waals surface area contributed by atoms with Crippen LogP contribution in [0.1, 0.15) is 24.3 Å². The van der Waals surface area contributed by atoms with Gasteiger partial charge < -0.3 is 5.11 Å². The molecule has 0 bridgehead atoms. The second-order valence-corrected chi connectivity index (χ2v) is 12.2. The zero-order valence-electron chi connectivity index (χ0n) is 20.8. The highest BCUT2D eigenvalue weighted by atomic mass is 79.9. The molecule has 212 valence electrons.